The molecule has 1 rings (SSSR count). The lowest BCUT2D eigenvalue weighted by Gasteiger charge is -2.20. The molecule has 100 valence electrons. The first-order valence-corrected chi connectivity index (χ1v) is 6.48. The van der Waals surface area contributed by atoms with E-state index in [0.717, 1.165) is 17.0 Å². The van der Waals surface area contributed by atoms with Crippen molar-refractivity contribution in [2.24, 2.45) is 0 Å². The van der Waals surface area contributed by atoms with E-state index in [-0.39, 0.29) is 0 Å². The number of halogens is 1. The summed E-state index contributed by atoms with van der Waals surface area (Å²) in [7, 11) is -1.98. The molecule has 0 fully saturated rings. The largest absolute Gasteiger partial charge is 0.475 e. The Morgan fingerprint density at radius 1 is 1.33 bits per heavy atom. The van der Waals surface area contributed by atoms with Crippen molar-refractivity contribution in [2.75, 3.05) is 20.6 Å². The van der Waals surface area contributed by atoms with Crippen LogP contribution in [0.5, 0.6) is 0 Å². The second-order valence-electron chi connectivity index (χ2n) is 4.00. The van der Waals surface area contributed by atoms with E-state index in [4.69, 9.17) is 0 Å². The number of likely N-dealkylation sites (N-methyl/N-ethyl adjacent to an activating group) is 1. The Kier molecular flexibility index (Phi) is 4.02. The Morgan fingerprint density at radius 2 is 1.83 bits per heavy atom. The van der Waals surface area contributed by atoms with Crippen molar-refractivity contribution in [1.29, 1.82) is 0 Å². The molecule has 0 saturated carbocycles. The fourth-order valence-corrected chi connectivity index (χ4v) is 2.91. The maximum absolute atomic E-state index is 14.3. The highest BCUT2D eigenvalue weighted by Crippen LogP contribution is 2.28. The molecule has 0 amide bonds. The summed E-state index contributed by atoms with van der Waals surface area (Å²) in [5.74, 6) is 0. The van der Waals surface area contributed by atoms with Crippen molar-refractivity contribution in [2.45, 2.75) is 10.0 Å². The molecule has 6 nitrogen and oxygen atoms in total. The quantitative estimate of drug-likeness (QED) is 0.454. The van der Waals surface area contributed by atoms with Crippen molar-refractivity contribution in [3.63, 3.8) is 0 Å². The van der Waals surface area contributed by atoms with Gasteiger partial charge in [-0.25, -0.2) is 8.42 Å². The number of sulfone groups is 1. The number of alkyl halides is 1. The Labute approximate surface area is 104 Å². The molecular formula is C10H13FN2O4S. The lowest BCUT2D eigenvalue weighted by Crippen LogP contribution is -2.49. The molecule has 1 aromatic rings. The monoisotopic (exact) mass is 276 g/mol. The third-order valence-electron chi connectivity index (χ3n) is 2.25. The van der Waals surface area contributed by atoms with Gasteiger partial charge in [-0.15, -0.1) is 4.39 Å². The average Bonchev–Trinajstić information content (AvgIpc) is 2.28. The van der Waals surface area contributed by atoms with Crippen LogP contribution in [0.15, 0.2) is 35.2 Å². The van der Waals surface area contributed by atoms with E-state index < -0.39 is 31.3 Å². The topological polar surface area (TPSA) is 80.5 Å². The first-order valence-electron chi connectivity index (χ1n) is 4.99. The first-order chi connectivity index (χ1) is 8.22. The van der Waals surface area contributed by atoms with E-state index >= 15 is 0 Å². The first kappa shape index (κ1) is 14.5. The van der Waals surface area contributed by atoms with E-state index in [2.05, 4.69) is 0 Å². The van der Waals surface area contributed by atoms with Gasteiger partial charge in [0.25, 0.3) is 9.84 Å². The fourth-order valence-electron chi connectivity index (χ4n) is 1.41. The van der Waals surface area contributed by atoms with Crippen molar-refractivity contribution < 1.29 is 17.7 Å². The van der Waals surface area contributed by atoms with Crippen molar-refractivity contribution >= 4 is 9.84 Å². The van der Waals surface area contributed by atoms with Gasteiger partial charge in [-0.05, 0) is 26.2 Å². The highest BCUT2D eigenvalue weighted by molar-refractivity contribution is 7.92. The Bertz CT molecular complexity index is 532. The fraction of sp³-hybridized carbons (Fsp3) is 0.400. The third kappa shape index (κ3) is 2.49. The molecule has 0 N–H and O–H groups in total. The minimum Gasteiger partial charge on any atom is -0.299 e. The molecule has 0 spiro atoms. The second-order valence-corrected chi connectivity index (χ2v) is 6.10. The Balaban J connectivity index is 3.35. The van der Waals surface area contributed by atoms with Crippen LogP contribution in [0.1, 0.15) is 0 Å². The summed E-state index contributed by atoms with van der Waals surface area (Å²) in [5, 5.41) is 7.24. The predicted octanol–water partition coefficient (Wildman–Crippen LogP) is 0.922. The lowest BCUT2D eigenvalue weighted by atomic mass is 10.4. The number of benzene rings is 1. The molecule has 1 aromatic carbocycles. The molecule has 0 heterocycles. The lowest BCUT2D eigenvalue weighted by molar-refractivity contribution is -0.573. The van der Waals surface area contributed by atoms with Gasteiger partial charge in [0.05, 0.1) is 9.82 Å². The molecule has 18 heavy (non-hydrogen) atoms. The highest BCUT2D eigenvalue weighted by atomic mass is 32.2. The molecule has 0 aliphatic rings. The van der Waals surface area contributed by atoms with E-state index in [1.54, 1.807) is 0 Å². The van der Waals surface area contributed by atoms with Crippen LogP contribution in [-0.4, -0.2) is 44.0 Å². The Hall–Kier alpha value is -1.54. The molecule has 0 saturated heterocycles. The number of nitrogens with zero attached hydrogens (tertiary/aromatic N) is 2. The van der Waals surface area contributed by atoms with Gasteiger partial charge in [0, 0.05) is 0 Å². The summed E-state index contributed by atoms with van der Waals surface area (Å²) in [5.41, 5.74) is 0. The second kappa shape index (κ2) is 4.99. The minimum atomic E-state index is -4.70. The standard InChI is InChI=1S/C10H13FN2O4S/c1-12(2)8-10(11,13(14)15)18(16,17)9-6-4-3-5-7-9/h3-7H,8H2,1-2H3. The highest BCUT2D eigenvalue weighted by Gasteiger charge is 2.58. The molecule has 0 aromatic heterocycles. The zero-order valence-electron chi connectivity index (χ0n) is 9.91. The zero-order chi connectivity index (χ0) is 14.0. The van der Waals surface area contributed by atoms with Gasteiger partial charge >= 0.3 is 5.12 Å². The van der Waals surface area contributed by atoms with Gasteiger partial charge in [0.2, 0.25) is 0 Å². The molecule has 0 radical (unpaired) electrons. The van der Waals surface area contributed by atoms with Crippen LogP contribution < -0.4 is 0 Å². The number of hydrogen-bond donors (Lipinski definition) is 0. The summed E-state index contributed by atoms with van der Waals surface area (Å²) >= 11 is 0. The number of rotatable bonds is 5. The van der Waals surface area contributed by atoms with Gasteiger partial charge in [-0.1, -0.05) is 18.2 Å². The van der Waals surface area contributed by atoms with Crippen LogP contribution in [-0.2, 0) is 9.84 Å². The molecular weight excluding hydrogens is 263 g/mol. The van der Waals surface area contributed by atoms with Crippen LogP contribution in [0.25, 0.3) is 0 Å². The van der Waals surface area contributed by atoms with Crippen LogP contribution >= 0.6 is 0 Å². The molecule has 8 heteroatoms. The maximum Gasteiger partial charge on any atom is 0.475 e. The van der Waals surface area contributed by atoms with Crippen molar-refractivity contribution in [3.8, 4) is 0 Å². The molecule has 1 atom stereocenters. The number of hydrogen-bond acceptors (Lipinski definition) is 5. The molecule has 1 unspecified atom stereocenters. The predicted molar refractivity (Wildman–Crippen MR) is 63.0 cm³/mol. The summed E-state index contributed by atoms with van der Waals surface area (Å²) in [4.78, 5) is 10.1. The summed E-state index contributed by atoms with van der Waals surface area (Å²) in [6.07, 6.45) is 0. The van der Waals surface area contributed by atoms with Crippen molar-refractivity contribution in [3.05, 3.63) is 40.4 Å². The third-order valence-corrected chi connectivity index (χ3v) is 4.24. The smallest absolute Gasteiger partial charge is 0.299 e. The van der Waals surface area contributed by atoms with E-state index in [9.17, 15) is 22.9 Å². The van der Waals surface area contributed by atoms with Crippen LogP contribution in [0, 0.1) is 10.1 Å². The van der Waals surface area contributed by atoms with Crippen molar-refractivity contribution in [1.82, 2.24) is 4.90 Å². The van der Waals surface area contributed by atoms with Gasteiger partial charge in [0.15, 0.2) is 0 Å². The van der Waals surface area contributed by atoms with Crippen LogP contribution in [0.3, 0.4) is 0 Å². The SMILES string of the molecule is CN(C)CC(F)([N+](=O)[O-])S(=O)(=O)c1ccccc1. The molecule has 0 aliphatic carbocycles. The van der Waals surface area contributed by atoms with Gasteiger partial charge in [0.1, 0.15) is 6.54 Å². The van der Waals surface area contributed by atoms with Crippen LogP contribution in [0.2, 0.25) is 0 Å². The van der Waals surface area contributed by atoms with E-state index in [1.807, 2.05) is 0 Å². The maximum atomic E-state index is 14.3. The minimum absolute atomic E-state index is 0.411. The number of nitro groups is 1. The molecule has 0 aliphatic heterocycles. The zero-order valence-corrected chi connectivity index (χ0v) is 10.7. The average molecular weight is 276 g/mol. The summed E-state index contributed by atoms with van der Waals surface area (Å²) in [6, 6.07) is 6.55. The summed E-state index contributed by atoms with van der Waals surface area (Å²) < 4.78 is 38.3. The van der Waals surface area contributed by atoms with Gasteiger partial charge in [-0.3, -0.25) is 15.0 Å². The summed E-state index contributed by atoms with van der Waals surface area (Å²) in [6.45, 7) is -0.850. The Morgan fingerprint density at radius 3 is 2.22 bits per heavy atom. The van der Waals surface area contributed by atoms with E-state index in [0.29, 0.717) is 0 Å². The van der Waals surface area contributed by atoms with Gasteiger partial charge < -0.3 is 0 Å². The van der Waals surface area contributed by atoms with Crippen LogP contribution in [0.4, 0.5) is 4.39 Å². The van der Waals surface area contributed by atoms with E-state index in [1.165, 1.54) is 32.3 Å². The molecule has 0 bridgehead atoms. The normalized spacial score (nSPS) is 15.3. The van der Waals surface area contributed by atoms with Gasteiger partial charge in [-0.2, -0.15) is 0 Å².